The van der Waals surface area contributed by atoms with Gasteiger partial charge in [0.1, 0.15) is 11.5 Å². The molecule has 0 aliphatic carbocycles. The second-order valence-corrected chi connectivity index (χ2v) is 6.07. The predicted octanol–water partition coefficient (Wildman–Crippen LogP) is 2.81. The lowest BCUT2D eigenvalue weighted by molar-refractivity contribution is -0.133. The normalized spacial score (nSPS) is 17.9. The standard InChI is InChI=1S/C21H21NO6/c1-4-28-14-8-5-12(6-9-14)19(23)17-18(22-21(25)20(17)24)13-7-10-15(26-2)16(11-13)27-3/h5-11,18,23H,4H2,1-3H3,(H,22,25)/t18-/m0/s1. The first kappa shape index (κ1) is 19.3. The van der Waals surface area contributed by atoms with Crippen LogP contribution in [-0.4, -0.2) is 37.6 Å². The third-order valence-corrected chi connectivity index (χ3v) is 4.45. The molecule has 0 radical (unpaired) electrons. The Morgan fingerprint density at radius 3 is 2.32 bits per heavy atom. The van der Waals surface area contributed by atoms with Gasteiger partial charge < -0.3 is 24.6 Å². The van der Waals surface area contributed by atoms with Gasteiger partial charge in [0.25, 0.3) is 11.7 Å². The van der Waals surface area contributed by atoms with Gasteiger partial charge in [-0.3, -0.25) is 9.59 Å². The van der Waals surface area contributed by atoms with Crippen molar-refractivity contribution < 1.29 is 28.9 Å². The fraction of sp³-hybridized carbons (Fsp3) is 0.238. The number of aliphatic hydroxyl groups excluding tert-OH is 1. The van der Waals surface area contributed by atoms with Crippen molar-refractivity contribution in [3.05, 3.63) is 59.2 Å². The van der Waals surface area contributed by atoms with Crippen LogP contribution in [0.3, 0.4) is 0 Å². The first-order chi connectivity index (χ1) is 13.5. The molecule has 0 bridgehead atoms. The number of ketones is 1. The van der Waals surface area contributed by atoms with Gasteiger partial charge in [0.15, 0.2) is 11.5 Å². The van der Waals surface area contributed by atoms with Crippen LogP contribution < -0.4 is 19.5 Å². The van der Waals surface area contributed by atoms with Gasteiger partial charge in [-0.15, -0.1) is 0 Å². The average Bonchev–Trinajstić information content (AvgIpc) is 3.02. The van der Waals surface area contributed by atoms with E-state index in [4.69, 9.17) is 14.2 Å². The lowest BCUT2D eigenvalue weighted by atomic mass is 9.95. The Morgan fingerprint density at radius 1 is 1.04 bits per heavy atom. The molecule has 1 fully saturated rings. The smallest absolute Gasteiger partial charge is 0.293 e. The topological polar surface area (TPSA) is 94.1 Å². The number of ether oxygens (including phenoxy) is 3. The van der Waals surface area contributed by atoms with Gasteiger partial charge in [0.05, 0.1) is 32.4 Å². The van der Waals surface area contributed by atoms with Gasteiger partial charge in [-0.25, -0.2) is 0 Å². The molecule has 1 amide bonds. The molecule has 2 N–H and O–H groups in total. The number of aliphatic hydroxyl groups is 1. The Labute approximate surface area is 162 Å². The van der Waals surface area contributed by atoms with E-state index in [0.29, 0.717) is 35.0 Å². The molecule has 0 aromatic heterocycles. The van der Waals surface area contributed by atoms with Gasteiger partial charge in [0.2, 0.25) is 0 Å². The fourth-order valence-electron chi connectivity index (χ4n) is 3.08. The maximum absolute atomic E-state index is 12.4. The number of hydrogen-bond acceptors (Lipinski definition) is 6. The highest BCUT2D eigenvalue weighted by Gasteiger charge is 2.39. The highest BCUT2D eigenvalue weighted by atomic mass is 16.5. The molecule has 146 valence electrons. The predicted molar refractivity (Wildman–Crippen MR) is 103 cm³/mol. The lowest BCUT2D eigenvalue weighted by Gasteiger charge is -2.16. The zero-order valence-corrected chi connectivity index (χ0v) is 15.8. The van der Waals surface area contributed by atoms with E-state index in [9.17, 15) is 14.7 Å². The number of benzene rings is 2. The number of carbonyl (C=O) groups excluding carboxylic acids is 2. The number of methoxy groups -OCH3 is 2. The molecule has 1 atom stereocenters. The Bertz CT molecular complexity index is 932. The van der Waals surface area contributed by atoms with Crippen LogP contribution in [-0.2, 0) is 9.59 Å². The van der Waals surface area contributed by atoms with Crippen LogP contribution >= 0.6 is 0 Å². The third-order valence-electron chi connectivity index (χ3n) is 4.45. The van der Waals surface area contributed by atoms with Crippen molar-refractivity contribution in [1.29, 1.82) is 0 Å². The molecule has 1 aliphatic heterocycles. The summed E-state index contributed by atoms with van der Waals surface area (Å²) in [5, 5.41) is 13.4. The SMILES string of the molecule is CCOc1ccc(C(O)=C2C(=O)C(=O)N[C@H]2c2ccc(OC)c(OC)c2)cc1. The second-order valence-electron chi connectivity index (χ2n) is 6.07. The molecular formula is C21H21NO6. The minimum atomic E-state index is -0.800. The van der Waals surface area contributed by atoms with Crippen molar-refractivity contribution in [2.24, 2.45) is 0 Å². The molecule has 0 saturated carbocycles. The van der Waals surface area contributed by atoms with Crippen molar-refractivity contribution in [3.63, 3.8) is 0 Å². The summed E-state index contributed by atoms with van der Waals surface area (Å²) in [5.74, 6) is -0.186. The number of Topliss-reactive ketones (excluding diaryl/α,β-unsaturated/α-hetero) is 1. The van der Waals surface area contributed by atoms with E-state index in [1.54, 1.807) is 42.5 Å². The van der Waals surface area contributed by atoms with Crippen LogP contribution in [0.4, 0.5) is 0 Å². The van der Waals surface area contributed by atoms with E-state index < -0.39 is 17.7 Å². The number of carbonyl (C=O) groups is 2. The average molecular weight is 383 g/mol. The molecule has 7 nitrogen and oxygen atoms in total. The highest BCUT2D eigenvalue weighted by Crippen LogP contribution is 2.37. The molecule has 28 heavy (non-hydrogen) atoms. The van der Waals surface area contributed by atoms with Crippen molar-refractivity contribution in [2.45, 2.75) is 13.0 Å². The summed E-state index contributed by atoms with van der Waals surface area (Å²) in [6.07, 6.45) is 0. The third kappa shape index (κ3) is 3.51. The molecule has 2 aromatic carbocycles. The van der Waals surface area contributed by atoms with Crippen LogP contribution in [0, 0.1) is 0 Å². The largest absolute Gasteiger partial charge is 0.507 e. The van der Waals surface area contributed by atoms with Crippen molar-refractivity contribution in [3.8, 4) is 17.2 Å². The summed E-state index contributed by atoms with van der Waals surface area (Å²) in [5.41, 5.74) is 0.986. The van der Waals surface area contributed by atoms with Crippen LogP contribution in [0.15, 0.2) is 48.0 Å². The summed E-state index contributed by atoms with van der Waals surface area (Å²) in [7, 11) is 3.01. The number of hydrogen-bond donors (Lipinski definition) is 2. The zero-order chi connectivity index (χ0) is 20.3. The molecular weight excluding hydrogens is 362 g/mol. The van der Waals surface area contributed by atoms with E-state index in [0.717, 1.165) is 0 Å². The molecule has 1 heterocycles. The molecule has 0 unspecified atom stereocenters. The molecule has 1 saturated heterocycles. The number of rotatable bonds is 6. The lowest BCUT2D eigenvalue weighted by Crippen LogP contribution is -2.21. The molecule has 3 rings (SSSR count). The van der Waals surface area contributed by atoms with Gasteiger partial charge in [-0.1, -0.05) is 6.07 Å². The van der Waals surface area contributed by atoms with Gasteiger partial charge in [0, 0.05) is 5.56 Å². The maximum atomic E-state index is 12.4. The Morgan fingerprint density at radius 2 is 1.71 bits per heavy atom. The quantitative estimate of drug-likeness (QED) is 0.453. The van der Waals surface area contributed by atoms with E-state index >= 15 is 0 Å². The van der Waals surface area contributed by atoms with Crippen LogP contribution in [0.2, 0.25) is 0 Å². The number of nitrogens with one attached hydrogen (secondary N) is 1. The van der Waals surface area contributed by atoms with Crippen molar-refractivity contribution >= 4 is 17.4 Å². The van der Waals surface area contributed by atoms with E-state index in [2.05, 4.69) is 5.32 Å². The maximum Gasteiger partial charge on any atom is 0.293 e. The minimum absolute atomic E-state index is 0.0126. The first-order valence-corrected chi connectivity index (χ1v) is 8.73. The molecule has 7 heteroatoms. The second kappa shape index (κ2) is 8.04. The Hall–Kier alpha value is -3.48. The first-order valence-electron chi connectivity index (χ1n) is 8.73. The van der Waals surface area contributed by atoms with Crippen LogP contribution in [0.25, 0.3) is 5.76 Å². The zero-order valence-electron chi connectivity index (χ0n) is 15.8. The summed E-state index contributed by atoms with van der Waals surface area (Å²) < 4.78 is 15.9. The summed E-state index contributed by atoms with van der Waals surface area (Å²) >= 11 is 0. The number of amides is 1. The van der Waals surface area contributed by atoms with Crippen molar-refractivity contribution in [1.82, 2.24) is 5.32 Å². The van der Waals surface area contributed by atoms with E-state index in [-0.39, 0.29) is 11.3 Å². The van der Waals surface area contributed by atoms with Crippen LogP contribution in [0.5, 0.6) is 17.2 Å². The monoisotopic (exact) mass is 383 g/mol. The van der Waals surface area contributed by atoms with Gasteiger partial charge in [-0.2, -0.15) is 0 Å². The van der Waals surface area contributed by atoms with Crippen molar-refractivity contribution in [2.75, 3.05) is 20.8 Å². The summed E-state index contributed by atoms with van der Waals surface area (Å²) in [6, 6.07) is 10.9. The van der Waals surface area contributed by atoms with E-state index in [1.165, 1.54) is 14.2 Å². The summed E-state index contributed by atoms with van der Waals surface area (Å²) in [4.78, 5) is 24.5. The fourth-order valence-corrected chi connectivity index (χ4v) is 3.08. The highest BCUT2D eigenvalue weighted by molar-refractivity contribution is 6.46. The van der Waals surface area contributed by atoms with E-state index in [1.807, 2.05) is 6.92 Å². The van der Waals surface area contributed by atoms with Gasteiger partial charge in [-0.05, 0) is 48.9 Å². The molecule has 1 aliphatic rings. The summed E-state index contributed by atoms with van der Waals surface area (Å²) in [6.45, 7) is 2.39. The molecule has 0 spiro atoms. The van der Waals surface area contributed by atoms with Crippen LogP contribution in [0.1, 0.15) is 24.1 Å². The molecule has 2 aromatic rings. The minimum Gasteiger partial charge on any atom is -0.507 e. The van der Waals surface area contributed by atoms with Gasteiger partial charge >= 0.3 is 0 Å². The Balaban J connectivity index is 2.05. The Kier molecular flexibility index (Phi) is 5.54.